The molecule has 0 spiro atoms. The van der Waals surface area contributed by atoms with Crippen molar-refractivity contribution >= 4 is 11.6 Å². The number of anilines is 1. The van der Waals surface area contributed by atoms with Crippen molar-refractivity contribution in [1.82, 2.24) is 9.47 Å². The molecule has 0 unspecified atom stereocenters. The first-order valence-electron chi connectivity index (χ1n) is 5.79. The number of likely N-dealkylation sites (N-methyl/N-ethyl adjacent to an activating group) is 1. The van der Waals surface area contributed by atoms with E-state index in [4.69, 9.17) is 5.73 Å². The maximum atomic E-state index is 11.9. The molecule has 1 saturated carbocycles. The van der Waals surface area contributed by atoms with Crippen LogP contribution in [0.5, 0.6) is 0 Å². The third-order valence-electron chi connectivity index (χ3n) is 3.33. The molecule has 2 rings (SSSR count). The number of aromatic nitrogens is 1. The zero-order chi connectivity index (χ0) is 12.4. The predicted octanol–water partition coefficient (Wildman–Crippen LogP) is 0.441. The molecule has 0 bridgehead atoms. The zero-order valence-electron chi connectivity index (χ0n) is 9.93. The van der Waals surface area contributed by atoms with E-state index in [1.165, 1.54) is 23.3 Å². The van der Waals surface area contributed by atoms with Crippen molar-refractivity contribution in [2.75, 3.05) is 12.8 Å². The Bertz CT molecular complexity index is 477. The second-order valence-corrected chi connectivity index (χ2v) is 4.52. The lowest BCUT2D eigenvalue weighted by atomic mass is 9.92. The Hall–Kier alpha value is -1.78. The summed E-state index contributed by atoms with van der Waals surface area (Å²) in [5.41, 5.74) is 5.88. The first kappa shape index (κ1) is 11.7. The number of nitrogens with zero attached hydrogens (tertiary/aromatic N) is 2. The van der Waals surface area contributed by atoms with Crippen molar-refractivity contribution in [1.29, 1.82) is 0 Å². The number of nitrogen functional groups attached to an aromatic ring is 1. The van der Waals surface area contributed by atoms with Crippen LogP contribution >= 0.6 is 0 Å². The van der Waals surface area contributed by atoms with Crippen LogP contribution in [0.2, 0.25) is 0 Å². The number of hydrogen-bond donors (Lipinski definition) is 1. The van der Waals surface area contributed by atoms with E-state index < -0.39 is 0 Å². The Morgan fingerprint density at radius 2 is 2.24 bits per heavy atom. The summed E-state index contributed by atoms with van der Waals surface area (Å²) in [5.74, 6) is -0.0394. The monoisotopic (exact) mass is 235 g/mol. The van der Waals surface area contributed by atoms with Crippen LogP contribution < -0.4 is 11.3 Å². The standard InChI is InChI=1S/C12H17N3O2/c1-14(10-3-2-4-10)12(17)8-15-7-9(13)5-6-11(15)16/h5-7,10H,2-4,8,13H2,1H3. The highest BCUT2D eigenvalue weighted by Gasteiger charge is 2.25. The summed E-state index contributed by atoms with van der Waals surface area (Å²) in [7, 11) is 1.80. The van der Waals surface area contributed by atoms with Gasteiger partial charge in [0.2, 0.25) is 5.91 Å². The number of pyridine rings is 1. The van der Waals surface area contributed by atoms with Crippen molar-refractivity contribution in [2.45, 2.75) is 31.8 Å². The van der Waals surface area contributed by atoms with Crippen LogP contribution in [0.3, 0.4) is 0 Å². The normalized spacial score (nSPS) is 15.4. The molecule has 5 heteroatoms. The predicted molar refractivity (Wildman–Crippen MR) is 65.5 cm³/mol. The van der Waals surface area contributed by atoms with E-state index in [-0.39, 0.29) is 18.0 Å². The van der Waals surface area contributed by atoms with Gasteiger partial charge in [0.05, 0.1) is 0 Å². The molecule has 0 aliphatic heterocycles. The van der Waals surface area contributed by atoms with Gasteiger partial charge < -0.3 is 15.2 Å². The van der Waals surface area contributed by atoms with E-state index >= 15 is 0 Å². The molecule has 1 aliphatic rings. The molecule has 92 valence electrons. The lowest BCUT2D eigenvalue weighted by Crippen LogP contribution is -2.43. The molecule has 1 aromatic heterocycles. The lowest BCUT2D eigenvalue weighted by molar-refractivity contribution is -0.134. The van der Waals surface area contributed by atoms with Gasteiger partial charge in [-0.25, -0.2) is 0 Å². The molecule has 1 heterocycles. The lowest BCUT2D eigenvalue weighted by Gasteiger charge is -2.34. The Labute approximate surface area is 99.8 Å². The minimum absolute atomic E-state index is 0.0394. The fraction of sp³-hybridized carbons (Fsp3) is 0.500. The molecule has 1 fully saturated rings. The molecular weight excluding hydrogens is 218 g/mol. The summed E-state index contributed by atoms with van der Waals surface area (Å²) >= 11 is 0. The highest BCUT2D eigenvalue weighted by Crippen LogP contribution is 2.23. The molecule has 1 amide bonds. The SMILES string of the molecule is CN(C(=O)Cn1cc(N)ccc1=O)C1CCC1. The molecule has 1 aliphatic carbocycles. The van der Waals surface area contributed by atoms with Crippen LogP contribution in [-0.2, 0) is 11.3 Å². The Morgan fingerprint density at radius 3 is 2.82 bits per heavy atom. The van der Waals surface area contributed by atoms with Gasteiger partial charge >= 0.3 is 0 Å². The highest BCUT2D eigenvalue weighted by atomic mass is 16.2. The topological polar surface area (TPSA) is 68.3 Å². The first-order valence-corrected chi connectivity index (χ1v) is 5.79. The summed E-state index contributed by atoms with van der Waals surface area (Å²) < 4.78 is 1.35. The van der Waals surface area contributed by atoms with Gasteiger partial charge in [0.25, 0.3) is 5.56 Å². The fourth-order valence-corrected chi connectivity index (χ4v) is 1.91. The number of amides is 1. The molecule has 0 saturated heterocycles. The van der Waals surface area contributed by atoms with Gasteiger partial charge in [0, 0.05) is 31.0 Å². The highest BCUT2D eigenvalue weighted by molar-refractivity contribution is 5.76. The number of carbonyl (C=O) groups excluding carboxylic acids is 1. The summed E-state index contributed by atoms with van der Waals surface area (Å²) in [6.45, 7) is 0.0663. The van der Waals surface area contributed by atoms with Crippen LogP contribution in [-0.4, -0.2) is 28.5 Å². The minimum atomic E-state index is -0.199. The fourth-order valence-electron chi connectivity index (χ4n) is 1.91. The van der Waals surface area contributed by atoms with Crippen molar-refractivity contribution in [2.24, 2.45) is 0 Å². The Balaban J connectivity index is 2.06. The van der Waals surface area contributed by atoms with Gasteiger partial charge in [0.15, 0.2) is 0 Å². The van der Waals surface area contributed by atoms with Gasteiger partial charge in [-0.3, -0.25) is 9.59 Å². The number of nitrogens with two attached hydrogens (primary N) is 1. The molecule has 0 radical (unpaired) electrons. The Morgan fingerprint density at radius 1 is 1.53 bits per heavy atom. The second kappa shape index (κ2) is 4.61. The molecule has 17 heavy (non-hydrogen) atoms. The molecule has 0 atom stereocenters. The van der Waals surface area contributed by atoms with Gasteiger partial charge in [-0.2, -0.15) is 0 Å². The van der Waals surface area contributed by atoms with Crippen molar-refractivity contribution in [3.05, 3.63) is 28.7 Å². The Kier molecular flexibility index (Phi) is 3.17. The van der Waals surface area contributed by atoms with Crippen molar-refractivity contribution in [3.63, 3.8) is 0 Å². The van der Waals surface area contributed by atoms with E-state index in [1.807, 2.05) is 0 Å². The molecule has 2 N–H and O–H groups in total. The molecular formula is C12H17N3O2. The maximum Gasteiger partial charge on any atom is 0.251 e. The summed E-state index contributed by atoms with van der Waals surface area (Å²) in [4.78, 5) is 25.2. The third kappa shape index (κ3) is 2.49. The van der Waals surface area contributed by atoms with E-state index in [9.17, 15) is 9.59 Å². The number of carbonyl (C=O) groups is 1. The van der Waals surface area contributed by atoms with Crippen molar-refractivity contribution < 1.29 is 4.79 Å². The summed E-state index contributed by atoms with van der Waals surface area (Å²) in [5, 5.41) is 0. The average molecular weight is 235 g/mol. The van der Waals surface area contributed by atoms with E-state index in [0.29, 0.717) is 11.7 Å². The average Bonchev–Trinajstić information content (AvgIpc) is 2.21. The van der Waals surface area contributed by atoms with E-state index in [0.717, 1.165) is 12.8 Å². The molecule has 1 aromatic rings. The maximum absolute atomic E-state index is 11.9. The van der Waals surface area contributed by atoms with Gasteiger partial charge in [0.1, 0.15) is 6.54 Å². The van der Waals surface area contributed by atoms with Gasteiger partial charge in [-0.1, -0.05) is 0 Å². The quantitative estimate of drug-likeness (QED) is 0.826. The summed E-state index contributed by atoms with van der Waals surface area (Å²) in [6, 6.07) is 3.27. The van der Waals surface area contributed by atoms with E-state index in [2.05, 4.69) is 0 Å². The van der Waals surface area contributed by atoms with Crippen LogP contribution in [0.25, 0.3) is 0 Å². The van der Waals surface area contributed by atoms with Crippen LogP contribution in [0.4, 0.5) is 5.69 Å². The van der Waals surface area contributed by atoms with Crippen molar-refractivity contribution in [3.8, 4) is 0 Å². The van der Waals surface area contributed by atoms with Crippen LogP contribution in [0.1, 0.15) is 19.3 Å². The van der Waals surface area contributed by atoms with E-state index in [1.54, 1.807) is 18.0 Å². The summed E-state index contributed by atoms with van der Waals surface area (Å²) in [6.07, 6.45) is 4.82. The first-order chi connectivity index (χ1) is 8.08. The van der Waals surface area contributed by atoms with Gasteiger partial charge in [-0.05, 0) is 25.3 Å². The zero-order valence-corrected chi connectivity index (χ0v) is 9.93. The minimum Gasteiger partial charge on any atom is -0.398 e. The molecule has 0 aromatic carbocycles. The largest absolute Gasteiger partial charge is 0.398 e. The van der Waals surface area contributed by atoms with Crippen LogP contribution in [0.15, 0.2) is 23.1 Å². The van der Waals surface area contributed by atoms with Gasteiger partial charge in [-0.15, -0.1) is 0 Å². The number of hydrogen-bond acceptors (Lipinski definition) is 3. The number of rotatable bonds is 3. The second-order valence-electron chi connectivity index (χ2n) is 4.52. The van der Waals surface area contributed by atoms with Crippen LogP contribution in [0, 0.1) is 0 Å². The smallest absolute Gasteiger partial charge is 0.251 e. The molecule has 5 nitrogen and oxygen atoms in total. The third-order valence-corrected chi connectivity index (χ3v) is 3.33.